The molecule has 0 atom stereocenters. The Balaban J connectivity index is 2.21. The molecule has 0 saturated carbocycles. The molecule has 1 N–H and O–H groups in total. The number of aromatic nitrogens is 3. The highest BCUT2D eigenvalue weighted by molar-refractivity contribution is 9.10. The Labute approximate surface area is 124 Å². The van der Waals surface area contributed by atoms with Crippen LogP contribution >= 0.6 is 15.9 Å². The molecular weight excluding hydrogens is 324 g/mol. The second kappa shape index (κ2) is 6.04. The van der Waals surface area contributed by atoms with Crippen LogP contribution < -0.4 is 15.6 Å². The Morgan fingerprint density at radius 2 is 2.20 bits per heavy atom. The van der Waals surface area contributed by atoms with Crippen molar-refractivity contribution in [1.82, 2.24) is 14.8 Å². The third kappa shape index (κ3) is 2.98. The van der Waals surface area contributed by atoms with Gasteiger partial charge in [0.25, 0.3) is 5.56 Å². The quantitative estimate of drug-likeness (QED) is 0.921. The first kappa shape index (κ1) is 14.5. The van der Waals surface area contributed by atoms with Crippen LogP contribution in [-0.2, 0) is 13.6 Å². The Hall–Kier alpha value is -1.89. The van der Waals surface area contributed by atoms with Crippen LogP contribution in [0, 0.1) is 6.92 Å². The Bertz CT molecular complexity index is 685. The van der Waals surface area contributed by atoms with Crippen molar-refractivity contribution < 1.29 is 4.74 Å². The van der Waals surface area contributed by atoms with E-state index in [2.05, 4.69) is 31.3 Å². The zero-order valence-electron chi connectivity index (χ0n) is 11.5. The van der Waals surface area contributed by atoms with Gasteiger partial charge in [0.05, 0.1) is 19.0 Å². The van der Waals surface area contributed by atoms with Crippen molar-refractivity contribution in [2.45, 2.75) is 13.5 Å². The van der Waals surface area contributed by atoms with Crippen molar-refractivity contribution in [3.8, 4) is 5.88 Å². The fourth-order valence-electron chi connectivity index (χ4n) is 1.70. The molecule has 2 heterocycles. The van der Waals surface area contributed by atoms with E-state index in [1.807, 2.05) is 19.1 Å². The van der Waals surface area contributed by atoms with Crippen molar-refractivity contribution >= 4 is 21.6 Å². The maximum absolute atomic E-state index is 11.7. The Kier molecular flexibility index (Phi) is 4.39. The first-order valence-corrected chi connectivity index (χ1v) is 6.78. The number of aryl methyl sites for hydroxylation is 2. The number of methoxy groups -OCH3 is 1. The number of pyridine rings is 1. The van der Waals surface area contributed by atoms with E-state index in [4.69, 9.17) is 4.74 Å². The summed E-state index contributed by atoms with van der Waals surface area (Å²) in [6.07, 6.45) is 1.60. The van der Waals surface area contributed by atoms with Gasteiger partial charge in [0.1, 0.15) is 4.47 Å². The van der Waals surface area contributed by atoms with Gasteiger partial charge >= 0.3 is 0 Å². The minimum absolute atomic E-state index is 0.191. The van der Waals surface area contributed by atoms with Gasteiger partial charge in [0.15, 0.2) is 0 Å². The minimum atomic E-state index is -0.191. The van der Waals surface area contributed by atoms with Gasteiger partial charge in [-0.3, -0.25) is 4.79 Å². The third-order valence-electron chi connectivity index (χ3n) is 2.82. The van der Waals surface area contributed by atoms with E-state index in [9.17, 15) is 4.79 Å². The SMILES string of the molecule is COc1nc(C)ccc1CNc1cnn(C)c(=O)c1Br. The second-order valence-corrected chi connectivity index (χ2v) is 5.07. The van der Waals surface area contributed by atoms with Crippen molar-refractivity contribution in [2.24, 2.45) is 7.05 Å². The molecule has 2 rings (SSSR count). The highest BCUT2D eigenvalue weighted by atomic mass is 79.9. The summed E-state index contributed by atoms with van der Waals surface area (Å²) in [5, 5.41) is 7.12. The highest BCUT2D eigenvalue weighted by Crippen LogP contribution is 2.20. The van der Waals surface area contributed by atoms with E-state index >= 15 is 0 Å². The molecule has 0 saturated heterocycles. The summed E-state index contributed by atoms with van der Waals surface area (Å²) >= 11 is 3.27. The van der Waals surface area contributed by atoms with Gasteiger partial charge in [-0.1, -0.05) is 6.07 Å². The zero-order valence-corrected chi connectivity index (χ0v) is 13.1. The number of hydrogen-bond acceptors (Lipinski definition) is 5. The van der Waals surface area contributed by atoms with Gasteiger partial charge in [0.2, 0.25) is 5.88 Å². The van der Waals surface area contributed by atoms with Crippen LogP contribution in [0.25, 0.3) is 0 Å². The first-order chi connectivity index (χ1) is 9.52. The van der Waals surface area contributed by atoms with E-state index in [0.29, 0.717) is 22.6 Å². The molecule has 0 amide bonds. The van der Waals surface area contributed by atoms with Crippen LogP contribution in [0.3, 0.4) is 0 Å². The molecular formula is C13H15BrN4O2. The fraction of sp³-hybridized carbons (Fsp3) is 0.308. The maximum atomic E-state index is 11.7. The van der Waals surface area contributed by atoms with Crippen molar-refractivity contribution in [2.75, 3.05) is 12.4 Å². The monoisotopic (exact) mass is 338 g/mol. The van der Waals surface area contributed by atoms with Crippen LogP contribution in [0.2, 0.25) is 0 Å². The maximum Gasteiger partial charge on any atom is 0.282 e. The van der Waals surface area contributed by atoms with Crippen LogP contribution in [0.1, 0.15) is 11.3 Å². The van der Waals surface area contributed by atoms with E-state index in [1.54, 1.807) is 20.4 Å². The zero-order chi connectivity index (χ0) is 14.7. The lowest BCUT2D eigenvalue weighted by Gasteiger charge is -2.11. The number of ether oxygens (including phenoxy) is 1. The average Bonchev–Trinajstić information content (AvgIpc) is 2.45. The average molecular weight is 339 g/mol. The van der Waals surface area contributed by atoms with Gasteiger partial charge < -0.3 is 10.1 Å². The summed E-state index contributed by atoms with van der Waals surface area (Å²) in [7, 11) is 3.19. The predicted molar refractivity (Wildman–Crippen MR) is 80.0 cm³/mol. The van der Waals surface area contributed by atoms with E-state index in [0.717, 1.165) is 11.3 Å². The largest absolute Gasteiger partial charge is 0.481 e. The summed E-state index contributed by atoms with van der Waals surface area (Å²) in [5.41, 5.74) is 2.24. The molecule has 0 aliphatic rings. The molecule has 0 unspecified atom stereocenters. The minimum Gasteiger partial charge on any atom is -0.481 e. The molecule has 0 radical (unpaired) electrons. The van der Waals surface area contributed by atoms with Crippen LogP contribution in [0.4, 0.5) is 5.69 Å². The van der Waals surface area contributed by atoms with Crippen LogP contribution in [-0.4, -0.2) is 21.9 Å². The van der Waals surface area contributed by atoms with Gasteiger partial charge in [-0.25, -0.2) is 9.67 Å². The Morgan fingerprint density at radius 3 is 2.90 bits per heavy atom. The third-order valence-corrected chi connectivity index (χ3v) is 3.59. The second-order valence-electron chi connectivity index (χ2n) is 4.28. The normalized spacial score (nSPS) is 10.4. The van der Waals surface area contributed by atoms with Gasteiger partial charge in [0, 0.05) is 24.8 Å². The molecule has 0 aliphatic carbocycles. The van der Waals surface area contributed by atoms with Gasteiger partial charge in [-0.2, -0.15) is 5.10 Å². The topological polar surface area (TPSA) is 69.0 Å². The molecule has 0 aliphatic heterocycles. The first-order valence-electron chi connectivity index (χ1n) is 5.99. The lowest BCUT2D eigenvalue weighted by Crippen LogP contribution is -2.21. The predicted octanol–water partition coefficient (Wildman–Crippen LogP) is 1.87. The fourth-order valence-corrected chi connectivity index (χ4v) is 2.20. The molecule has 2 aromatic rings. The van der Waals surface area contributed by atoms with Crippen LogP contribution in [0.15, 0.2) is 27.6 Å². The molecule has 0 bridgehead atoms. The molecule has 106 valence electrons. The van der Waals surface area contributed by atoms with E-state index in [1.165, 1.54) is 4.68 Å². The number of nitrogens with zero attached hydrogens (tertiary/aromatic N) is 3. The standard InChI is InChI=1S/C13H15BrN4O2/c1-8-4-5-9(12(17-8)20-3)6-15-10-7-16-18(2)13(19)11(10)14/h4-5,7,15H,6H2,1-3H3. The number of halogens is 1. The molecule has 6 nitrogen and oxygen atoms in total. The van der Waals surface area contributed by atoms with Crippen molar-refractivity contribution in [3.63, 3.8) is 0 Å². The molecule has 0 fully saturated rings. The molecule has 0 aromatic carbocycles. The number of nitrogens with one attached hydrogen (secondary N) is 1. The number of hydrogen-bond donors (Lipinski definition) is 1. The molecule has 2 aromatic heterocycles. The summed E-state index contributed by atoms with van der Waals surface area (Å²) < 4.78 is 6.96. The summed E-state index contributed by atoms with van der Waals surface area (Å²) in [6.45, 7) is 2.39. The number of anilines is 1. The molecule has 0 spiro atoms. The van der Waals surface area contributed by atoms with E-state index < -0.39 is 0 Å². The number of rotatable bonds is 4. The summed E-state index contributed by atoms with van der Waals surface area (Å²) in [6, 6.07) is 3.85. The Morgan fingerprint density at radius 1 is 1.45 bits per heavy atom. The van der Waals surface area contributed by atoms with Crippen LogP contribution in [0.5, 0.6) is 5.88 Å². The lowest BCUT2D eigenvalue weighted by molar-refractivity contribution is 0.392. The summed E-state index contributed by atoms with van der Waals surface area (Å²) in [4.78, 5) is 16.0. The molecule has 7 heteroatoms. The molecule has 20 heavy (non-hydrogen) atoms. The van der Waals surface area contributed by atoms with E-state index in [-0.39, 0.29) is 5.56 Å². The van der Waals surface area contributed by atoms with Crippen molar-refractivity contribution in [1.29, 1.82) is 0 Å². The smallest absolute Gasteiger partial charge is 0.282 e. The summed E-state index contributed by atoms with van der Waals surface area (Å²) in [5.74, 6) is 0.574. The lowest BCUT2D eigenvalue weighted by atomic mass is 10.2. The van der Waals surface area contributed by atoms with Crippen molar-refractivity contribution in [3.05, 3.63) is 44.4 Å². The van der Waals surface area contributed by atoms with Gasteiger partial charge in [-0.15, -0.1) is 0 Å². The van der Waals surface area contributed by atoms with Gasteiger partial charge in [-0.05, 0) is 28.9 Å². The highest BCUT2D eigenvalue weighted by Gasteiger charge is 2.09.